The number of amides is 3. The molecular weight excluding hydrogens is 477 g/mol. The Hall–Kier alpha value is -3.76. The van der Waals surface area contributed by atoms with E-state index in [1.165, 1.54) is 18.2 Å². The van der Waals surface area contributed by atoms with Crippen LogP contribution in [0.4, 0.5) is 29.3 Å². The first-order valence-corrected chi connectivity index (χ1v) is 11.3. The molecule has 196 valence electrons. The van der Waals surface area contributed by atoms with Crippen molar-refractivity contribution < 1.29 is 32.3 Å². The molecule has 0 aliphatic rings. The third kappa shape index (κ3) is 8.17. The summed E-state index contributed by atoms with van der Waals surface area (Å²) < 4.78 is 43.5. The fraction of sp³-hybridized carbons (Fsp3) is 0.400. The second kappa shape index (κ2) is 11.8. The lowest BCUT2D eigenvalue weighted by atomic mass is 10.0. The number of benzene rings is 2. The molecule has 0 fully saturated rings. The van der Waals surface area contributed by atoms with Gasteiger partial charge < -0.3 is 15.0 Å². The van der Waals surface area contributed by atoms with Crippen molar-refractivity contribution in [3.8, 4) is 0 Å². The van der Waals surface area contributed by atoms with E-state index in [2.05, 4.69) is 16.2 Å². The van der Waals surface area contributed by atoms with Crippen molar-refractivity contribution in [2.24, 2.45) is 0 Å². The average Bonchev–Trinajstić information content (AvgIpc) is 2.76. The van der Waals surface area contributed by atoms with Gasteiger partial charge >= 0.3 is 12.3 Å². The summed E-state index contributed by atoms with van der Waals surface area (Å²) in [5.41, 5.74) is 4.12. The second-order valence-corrected chi connectivity index (χ2v) is 9.25. The lowest BCUT2D eigenvalue weighted by Crippen LogP contribution is -2.50. The summed E-state index contributed by atoms with van der Waals surface area (Å²) in [5, 5.41) is 2.90. The topological polar surface area (TPSA) is 99.8 Å². The highest BCUT2D eigenvalue weighted by Crippen LogP contribution is 2.30. The van der Waals surface area contributed by atoms with Gasteiger partial charge in [0, 0.05) is 17.3 Å². The fourth-order valence-electron chi connectivity index (χ4n) is 3.50. The quantitative estimate of drug-likeness (QED) is 0.444. The van der Waals surface area contributed by atoms with Crippen LogP contribution in [0.3, 0.4) is 0 Å². The van der Waals surface area contributed by atoms with Crippen molar-refractivity contribution in [2.75, 3.05) is 11.9 Å². The first kappa shape index (κ1) is 28.5. The Morgan fingerprint density at radius 2 is 1.56 bits per heavy atom. The van der Waals surface area contributed by atoms with Gasteiger partial charge in [-0.3, -0.25) is 20.4 Å². The zero-order valence-electron chi connectivity index (χ0n) is 20.8. The molecule has 0 aliphatic heterocycles. The molecule has 2 aromatic rings. The van der Waals surface area contributed by atoms with Gasteiger partial charge in [0.2, 0.25) is 5.91 Å². The van der Waals surface area contributed by atoms with Crippen LogP contribution in [-0.4, -0.2) is 41.0 Å². The molecule has 0 unspecified atom stereocenters. The first-order valence-electron chi connectivity index (χ1n) is 11.3. The van der Waals surface area contributed by atoms with Crippen LogP contribution in [0.25, 0.3) is 0 Å². The number of hydrogen-bond acceptors (Lipinski definition) is 5. The molecule has 11 heteroatoms. The van der Waals surface area contributed by atoms with Crippen LogP contribution >= 0.6 is 0 Å². The highest BCUT2D eigenvalue weighted by Gasteiger charge is 2.31. The molecule has 0 atom stereocenters. The molecular formula is C25H31F3N4O4. The van der Waals surface area contributed by atoms with Crippen LogP contribution in [0, 0.1) is 0 Å². The van der Waals surface area contributed by atoms with Crippen molar-refractivity contribution in [1.29, 1.82) is 0 Å². The lowest BCUT2D eigenvalue weighted by Gasteiger charge is -2.37. The van der Waals surface area contributed by atoms with Crippen molar-refractivity contribution in [1.82, 2.24) is 15.8 Å². The maximum absolute atomic E-state index is 12.8. The fourth-order valence-corrected chi connectivity index (χ4v) is 3.50. The molecule has 0 heterocycles. The number of nitrogens with zero attached hydrogens (tertiary/aromatic N) is 1. The molecule has 3 N–H and O–H groups in total. The third-order valence-corrected chi connectivity index (χ3v) is 4.97. The molecule has 2 aromatic carbocycles. The van der Waals surface area contributed by atoms with Gasteiger partial charge in [-0.2, -0.15) is 13.2 Å². The number of anilines is 2. The molecule has 0 saturated heterocycles. The van der Waals surface area contributed by atoms with E-state index in [1.54, 1.807) is 23.1 Å². The molecule has 3 amide bonds. The number of alkyl halides is 3. The summed E-state index contributed by atoms with van der Waals surface area (Å²) in [5.74, 6) is -1.22. The van der Waals surface area contributed by atoms with Crippen molar-refractivity contribution in [3.05, 3.63) is 59.7 Å². The predicted molar refractivity (Wildman–Crippen MR) is 129 cm³/mol. The van der Waals surface area contributed by atoms with Gasteiger partial charge in [0.1, 0.15) is 6.61 Å². The minimum Gasteiger partial charge on any atom is -0.449 e. The minimum atomic E-state index is -4.45. The van der Waals surface area contributed by atoms with E-state index in [0.717, 1.165) is 12.1 Å². The van der Waals surface area contributed by atoms with E-state index in [-0.39, 0.29) is 24.6 Å². The maximum atomic E-state index is 12.8. The van der Waals surface area contributed by atoms with Crippen LogP contribution < -0.4 is 16.2 Å². The second-order valence-electron chi connectivity index (χ2n) is 9.25. The SMILES string of the molecule is CC(C)N(C(=O)OCCC(=O)NNC(=O)c1ccccc1Nc1ccc(C(F)(F)F)cc1)C(C)(C)C. The van der Waals surface area contributed by atoms with Gasteiger partial charge in [-0.05, 0) is 71.0 Å². The van der Waals surface area contributed by atoms with Crippen molar-refractivity contribution >= 4 is 29.3 Å². The Bertz CT molecular complexity index is 1060. The van der Waals surface area contributed by atoms with Crippen molar-refractivity contribution in [2.45, 2.75) is 58.8 Å². The normalized spacial score (nSPS) is 11.6. The van der Waals surface area contributed by atoms with E-state index in [9.17, 15) is 27.6 Å². The highest BCUT2D eigenvalue weighted by molar-refractivity contribution is 6.01. The summed E-state index contributed by atoms with van der Waals surface area (Å²) in [7, 11) is 0. The monoisotopic (exact) mass is 508 g/mol. The number of hydrogen-bond donors (Lipinski definition) is 3. The zero-order chi connectivity index (χ0) is 27.1. The van der Waals surface area contributed by atoms with Crippen LogP contribution in [0.2, 0.25) is 0 Å². The van der Waals surface area contributed by atoms with E-state index in [4.69, 9.17) is 4.74 Å². The molecule has 0 spiro atoms. The summed E-state index contributed by atoms with van der Waals surface area (Å²) in [6.45, 7) is 9.17. The Morgan fingerprint density at radius 1 is 0.944 bits per heavy atom. The van der Waals surface area contributed by atoms with E-state index in [1.807, 2.05) is 34.6 Å². The Balaban J connectivity index is 1.91. The number of carbonyl (C=O) groups excluding carboxylic acids is 3. The van der Waals surface area contributed by atoms with Gasteiger partial charge in [0.25, 0.3) is 5.91 Å². The van der Waals surface area contributed by atoms with E-state index in [0.29, 0.717) is 11.4 Å². The Morgan fingerprint density at radius 3 is 2.11 bits per heavy atom. The number of ether oxygens (including phenoxy) is 1. The minimum absolute atomic E-state index is 0.0955. The molecule has 0 radical (unpaired) electrons. The van der Waals surface area contributed by atoms with Crippen LogP contribution in [-0.2, 0) is 15.7 Å². The molecule has 8 nitrogen and oxygen atoms in total. The molecule has 0 aliphatic carbocycles. The number of para-hydroxylation sites is 1. The average molecular weight is 509 g/mol. The predicted octanol–water partition coefficient (Wildman–Crippen LogP) is 5.25. The maximum Gasteiger partial charge on any atom is 0.416 e. The number of halogens is 3. The van der Waals surface area contributed by atoms with Gasteiger partial charge in [0.15, 0.2) is 0 Å². The third-order valence-electron chi connectivity index (χ3n) is 4.97. The van der Waals surface area contributed by atoms with Crippen LogP contribution in [0.1, 0.15) is 57.0 Å². The van der Waals surface area contributed by atoms with Gasteiger partial charge in [-0.15, -0.1) is 0 Å². The summed E-state index contributed by atoms with van der Waals surface area (Å²) in [6.07, 6.45) is -5.17. The molecule has 2 rings (SSSR count). The van der Waals surface area contributed by atoms with Crippen LogP contribution in [0.15, 0.2) is 48.5 Å². The Labute approximate surface area is 208 Å². The standard InChI is InChI=1S/C25H31F3N4O4/c1-16(2)32(24(3,4)5)23(35)36-15-14-21(33)30-31-22(34)19-8-6-7-9-20(19)29-18-12-10-17(11-13-18)25(26,27)28/h6-13,16,29H,14-15H2,1-5H3,(H,30,33)(H,31,34). The molecule has 36 heavy (non-hydrogen) atoms. The summed E-state index contributed by atoms with van der Waals surface area (Å²) in [4.78, 5) is 38.6. The Kier molecular flexibility index (Phi) is 9.32. The lowest BCUT2D eigenvalue weighted by molar-refractivity contribution is -0.137. The number of nitrogens with one attached hydrogen (secondary N) is 3. The zero-order valence-corrected chi connectivity index (χ0v) is 20.8. The number of rotatable bonds is 7. The van der Waals surface area contributed by atoms with Gasteiger partial charge in [0.05, 0.1) is 23.2 Å². The van der Waals surface area contributed by atoms with Gasteiger partial charge in [-0.1, -0.05) is 12.1 Å². The summed E-state index contributed by atoms with van der Waals surface area (Å²) in [6, 6.07) is 10.6. The molecule has 0 bridgehead atoms. The number of hydrazine groups is 1. The largest absolute Gasteiger partial charge is 0.449 e. The molecule has 0 aromatic heterocycles. The van der Waals surface area contributed by atoms with Crippen molar-refractivity contribution in [3.63, 3.8) is 0 Å². The van der Waals surface area contributed by atoms with E-state index < -0.39 is 35.2 Å². The van der Waals surface area contributed by atoms with E-state index >= 15 is 0 Å². The molecule has 0 saturated carbocycles. The van der Waals surface area contributed by atoms with Gasteiger partial charge in [-0.25, -0.2) is 4.79 Å². The smallest absolute Gasteiger partial charge is 0.416 e. The first-order chi connectivity index (χ1) is 16.7. The number of carbonyl (C=O) groups is 3. The van der Waals surface area contributed by atoms with Crippen LogP contribution in [0.5, 0.6) is 0 Å². The summed E-state index contributed by atoms with van der Waals surface area (Å²) >= 11 is 0. The highest BCUT2D eigenvalue weighted by atomic mass is 19.4.